The molecule has 0 spiro atoms. The standard InChI is InChI=1S/C12H11FN2O3/c13-5-10(7-15-12(16)17)8-18-11-3-1-9(6-14)2-4-11/h1-5,15H,7-8H2,(H,16,17)/b10-5+. The lowest BCUT2D eigenvalue weighted by molar-refractivity contribution is 0.195. The second-order valence-electron chi connectivity index (χ2n) is 3.35. The fourth-order valence-electron chi connectivity index (χ4n) is 1.11. The number of nitrogens with zero attached hydrogens (tertiary/aromatic N) is 1. The highest BCUT2D eigenvalue weighted by atomic mass is 19.1. The van der Waals surface area contributed by atoms with Crippen molar-refractivity contribution in [1.82, 2.24) is 5.32 Å². The maximum absolute atomic E-state index is 12.4. The van der Waals surface area contributed by atoms with E-state index in [1.54, 1.807) is 24.3 Å². The van der Waals surface area contributed by atoms with Crippen molar-refractivity contribution in [3.05, 3.63) is 41.7 Å². The van der Waals surface area contributed by atoms with Crippen LogP contribution in [0.2, 0.25) is 0 Å². The van der Waals surface area contributed by atoms with Crippen molar-refractivity contribution in [1.29, 1.82) is 5.26 Å². The molecule has 0 atom stereocenters. The van der Waals surface area contributed by atoms with Gasteiger partial charge in [0.05, 0.1) is 18.0 Å². The van der Waals surface area contributed by atoms with Gasteiger partial charge >= 0.3 is 6.09 Å². The highest BCUT2D eigenvalue weighted by molar-refractivity contribution is 5.64. The summed E-state index contributed by atoms with van der Waals surface area (Å²) in [6.45, 7) is -0.204. The number of ether oxygens (including phenoxy) is 1. The third-order valence-electron chi connectivity index (χ3n) is 2.03. The monoisotopic (exact) mass is 250 g/mol. The first-order valence-corrected chi connectivity index (χ1v) is 5.03. The molecule has 2 N–H and O–H groups in total. The second kappa shape index (κ2) is 6.91. The number of rotatable bonds is 5. The Balaban J connectivity index is 2.47. The fourth-order valence-corrected chi connectivity index (χ4v) is 1.11. The molecule has 0 aliphatic carbocycles. The molecule has 1 rings (SSSR count). The van der Waals surface area contributed by atoms with E-state index in [0.717, 1.165) is 0 Å². The highest BCUT2D eigenvalue weighted by Gasteiger charge is 2.02. The zero-order valence-electron chi connectivity index (χ0n) is 9.39. The average Bonchev–Trinajstić information content (AvgIpc) is 2.39. The van der Waals surface area contributed by atoms with E-state index in [-0.39, 0.29) is 18.7 Å². The zero-order valence-corrected chi connectivity index (χ0v) is 9.39. The number of hydrogen-bond donors (Lipinski definition) is 2. The van der Waals surface area contributed by atoms with Crippen LogP contribution in [0.4, 0.5) is 9.18 Å². The van der Waals surface area contributed by atoms with Gasteiger partial charge in [-0.3, -0.25) is 0 Å². The Kier molecular flexibility index (Phi) is 5.19. The summed E-state index contributed by atoms with van der Waals surface area (Å²) in [6.07, 6.45) is -0.924. The van der Waals surface area contributed by atoms with Gasteiger partial charge in [-0.15, -0.1) is 0 Å². The number of halogens is 1. The van der Waals surface area contributed by atoms with Crippen molar-refractivity contribution < 1.29 is 19.0 Å². The molecule has 0 bridgehead atoms. The lowest BCUT2D eigenvalue weighted by Crippen LogP contribution is -2.25. The number of benzene rings is 1. The first-order valence-electron chi connectivity index (χ1n) is 5.03. The van der Waals surface area contributed by atoms with Gasteiger partial charge in [0, 0.05) is 12.1 Å². The Morgan fingerprint density at radius 3 is 2.67 bits per heavy atom. The van der Waals surface area contributed by atoms with Crippen molar-refractivity contribution in [2.45, 2.75) is 0 Å². The Labute approximate surface area is 103 Å². The van der Waals surface area contributed by atoms with Crippen molar-refractivity contribution >= 4 is 6.09 Å². The van der Waals surface area contributed by atoms with Crippen LogP contribution in [0.1, 0.15) is 5.56 Å². The minimum atomic E-state index is -1.23. The third-order valence-corrected chi connectivity index (χ3v) is 2.03. The van der Waals surface area contributed by atoms with E-state index in [0.29, 0.717) is 17.6 Å². The largest absolute Gasteiger partial charge is 0.489 e. The quantitative estimate of drug-likeness (QED) is 0.837. The molecule has 1 aromatic carbocycles. The number of nitriles is 1. The first kappa shape index (κ1) is 13.5. The minimum Gasteiger partial charge on any atom is -0.489 e. The van der Waals surface area contributed by atoms with E-state index < -0.39 is 6.09 Å². The Hall–Kier alpha value is -2.55. The lowest BCUT2D eigenvalue weighted by atomic mass is 10.2. The number of carboxylic acid groups (broad SMARTS) is 1. The highest BCUT2D eigenvalue weighted by Crippen LogP contribution is 2.12. The SMILES string of the molecule is N#Cc1ccc(OC/C(=C/F)CNC(=O)O)cc1. The maximum atomic E-state index is 12.4. The molecule has 6 heteroatoms. The van der Waals surface area contributed by atoms with Crippen LogP contribution in [0.5, 0.6) is 5.75 Å². The average molecular weight is 250 g/mol. The number of amides is 1. The summed E-state index contributed by atoms with van der Waals surface area (Å²) < 4.78 is 17.7. The first-order chi connectivity index (χ1) is 8.65. The van der Waals surface area contributed by atoms with Crippen molar-refractivity contribution in [3.63, 3.8) is 0 Å². The van der Waals surface area contributed by atoms with Crippen LogP contribution in [0.25, 0.3) is 0 Å². The summed E-state index contributed by atoms with van der Waals surface area (Å²) in [4.78, 5) is 10.2. The van der Waals surface area contributed by atoms with Crippen LogP contribution in [0.3, 0.4) is 0 Å². The van der Waals surface area contributed by atoms with Crippen LogP contribution in [-0.4, -0.2) is 24.4 Å². The van der Waals surface area contributed by atoms with E-state index in [1.165, 1.54) is 0 Å². The van der Waals surface area contributed by atoms with Gasteiger partial charge in [0.15, 0.2) is 0 Å². The summed E-state index contributed by atoms with van der Waals surface area (Å²) in [5.41, 5.74) is 0.665. The van der Waals surface area contributed by atoms with Gasteiger partial charge in [-0.25, -0.2) is 9.18 Å². The Morgan fingerprint density at radius 1 is 1.50 bits per heavy atom. The van der Waals surface area contributed by atoms with Gasteiger partial charge in [-0.1, -0.05) is 0 Å². The molecular formula is C12H11FN2O3. The van der Waals surface area contributed by atoms with Crippen LogP contribution >= 0.6 is 0 Å². The Bertz CT molecular complexity index is 477. The van der Waals surface area contributed by atoms with Crippen LogP contribution in [0, 0.1) is 11.3 Å². The van der Waals surface area contributed by atoms with E-state index in [2.05, 4.69) is 0 Å². The predicted molar refractivity (Wildman–Crippen MR) is 61.9 cm³/mol. The molecule has 5 nitrogen and oxygen atoms in total. The molecule has 0 heterocycles. The van der Waals surface area contributed by atoms with E-state index in [4.69, 9.17) is 15.1 Å². The van der Waals surface area contributed by atoms with Gasteiger partial charge in [0.1, 0.15) is 12.4 Å². The van der Waals surface area contributed by atoms with Gasteiger partial charge in [-0.2, -0.15) is 5.26 Å². The second-order valence-corrected chi connectivity index (χ2v) is 3.35. The lowest BCUT2D eigenvalue weighted by Gasteiger charge is -2.08. The molecular weight excluding hydrogens is 239 g/mol. The summed E-state index contributed by atoms with van der Waals surface area (Å²) in [7, 11) is 0. The number of carbonyl (C=O) groups is 1. The molecule has 0 saturated heterocycles. The van der Waals surface area contributed by atoms with E-state index >= 15 is 0 Å². The zero-order chi connectivity index (χ0) is 13.4. The van der Waals surface area contributed by atoms with Gasteiger partial charge in [-0.05, 0) is 24.3 Å². The Morgan fingerprint density at radius 2 is 2.17 bits per heavy atom. The predicted octanol–water partition coefficient (Wildman–Crippen LogP) is 2.06. The van der Waals surface area contributed by atoms with Gasteiger partial charge in [0.25, 0.3) is 0 Å². The van der Waals surface area contributed by atoms with Gasteiger partial charge < -0.3 is 15.2 Å². The molecule has 0 aliphatic rings. The fraction of sp³-hybridized carbons (Fsp3) is 0.167. The molecule has 0 unspecified atom stereocenters. The molecule has 0 saturated carbocycles. The smallest absolute Gasteiger partial charge is 0.404 e. The minimum absolute atomic E-state index is 0.0668. The van der Waals surface area contributed by atoms with E-state index in [9.17, 15) is 9.18 Å². The number of hydrogen-bond acceptors (Lipinski definition) is 3. The molecule has 0 aliphatic heterocycles. The molecule has 0 radical (unpaired) electrons. The normalized spacial score (nSPS) is 10.6. The summed E-state index contributed by atoms with van der Waals surface area (Å²) in [6, 6.07) is 8.27. The van der Waals surface area contributed by atoms with E-state index in [1.807, 2.05) is 11.4 Å². The van der Waals surface area contributed by atoms with Crippen molar-refractivity contribution in [2.75, 3.05) is 13.2 Å². The van der Waals surface area contributed by atoms with Crippen molar-refractivity contribution in [2.24, 2.45) is 0 Å². The molecule has 1 amide bonds. The summed E-state index contributed by atoms with van der Waals surface area (Å²) in [5.74, 6) is 0.476. The van der Waals surface area contributed by atoms with Gasteiger partial charge in [0.2, 0.25) is 0 Å². The number of nitrogens with one attached hydrogen (secondary N) is 1. The third kappa shape index (κ3) is 4.53. The van der Waals surface area contributed by atoms with Crippen molar-refractivity contribution in [3.8, 4) is 11.8 Å². The molecule has 1 aromatic rings. The van der Waals surface area contributed by atoms with Crippen LogP contribution < -0.4 is 10.1 Å². The molecule has 94 valence electrons. The topological polar surface area (TPSA) is 82.3 Å². The van der Waals surface area contributed by atoms with Crippen LogP contribution in [0.15, 0.2) is 36.2 Å². The molecule has 0 fully saturated rings. The molecule has 0 aromatic heterocycles. The maximum Gasteiger partial charge on any atom is 0.404 e. The summed E-state index contributed by atoms with van der Waals surface area (Å²) in [5, 5.41) is 19.0. The molecule has 18 heavy (non-hydrogen) atoms. The van der Waals surface area contributed by atoms with Crippen LogP contribution in [-0.2, 0) is 0 Å². The summed E-state index contributed by atoms with van der Waals surface area (Å²) >= 11 is 0.